The molecule has 1 fully saturated rings. The van der Waals surface area contributed by atoms with Gasteiger partial charge in [0.25, 0.3) is 0 Å². The summed E-state index contributed by atoms with van der Waals surface area (Å²) in [5.74, 6) is -1.93. The number of rotatable bonds is 5. The zero-order valence-electron chi connectivity index (χ0n) is 14.1. The fourth-order valence-corrected chi connectivity index (χ4v) is 3.35. The van der Waals surface area contributed by atoms with Gasteiger partial charge in [0.05, 0.1) is 11.1 Å². The van der Waals surface area contributed by atoms with Crippen LogP contribution in [-0.2, 0) is 9.59 Å². The number of hydrogen-bond acceptors (Lipinski definition) is 4. The smallest absolute Gasteiger partial charge is 0.414 e. The molecule has 0 aliphatic carbocycles. The van der Waals surface area contributed by atoms with Gasteiger partial charge in [-0.1, -0.05) is 18.5 Å². The first-order valence-electron chi connectivity index (χ1n) is 8.06. The maximum Gasteiger partial charge on any atom is 0.414 e. The predicted octanol–water partition coefficient (Wildman–Crippen LogP) is 3.76. The number of ether oxygens (including phenoxy) is 1. The standard InChI is InChI=1S/C15H21BrClNO.C2H2O4/c1-12-4-2-7-18(11-12)8-3-9-19-15-6-5-13(17)10-14(15)16;3-1(4)2(5)6/h5-6,10,12H,2-4,7-9,11H2,1H3;(H,3,4)(H,5,6). The van der Waals surface area contributed by atoms with Crippen LogP contribution in [0.3, 0.4) is 0 Å². The molecular formula is C17H23BrClNO5. The Morgan fingerprint density at radius 2 is 2.04 bits per heavy atom. The summed E-state index contributed by atoms with van der Waals surface area (Å²) in [6.45, 7) is 6.72. The lowest BCUT2D eigenvalue weighted by atomic mass is 10.0. The summed E-state index contributed by atoms with van der Waals surface area (Å²) < 4.78 is 6.70. The van der Waals surface area contributed by atoms with Gasteiger partial charge in [0.15, 0.2) is 0 Å². The minimum absolute atomic E-state index is 0.724. The Labute approximate surface area is 160 Å². The third-order valence-corrected chi connectivity index (χ3v) is 4.55. The minimum Gasteiger partial charge on any atom is -0.492 e. The molecule has 6 nitrogen and oxygen atoms in total. The molecule has 1 atom stereocenters. The van der Waals surface area contributed by atoms with Crippen molar-refractivity contribution in [3.05, 3.63) is 27.7 Å². The van der Waals surface area contributed by atoms with Crippen molar-refractivity contribution in [1.29, 1.82) is 0 Å². The summed E-state index contributed by atoms with van der Waals surface area (Å²) in [7, 11) is 0. The third kappa shape index (κ3) is 9.09. The van der Waals surface area contributed by atoms with Crippen LogP contribution in [0, 0.1) is 5.92 Å². The number of aliphatic carboxylic acids is 2. The van der Waals surface area contributed by atoms with Gasteiger partial charge >= 0.3 is 11.9 Å². The first-order valence-corrected chi connectivity index (χ1v) is 9.23. The SMILES string of the molecule is CC1CCCN(CCCOc2ccc(Cl)cc2Br)C1.O=C(O)C(=O)O. The van der Waals surface area contributed by atoms with Gasteiger partial charge in [0.2, 0.25) is 0 Å². The predicted molar refractivity (Wildman–Crippen MR) is 99.4 cm³/mol. The molecule has 2 N–H and O–H groups in total. The van der Waals surface area contributed by atoms with Gasteiger partial charge in [-0.3, -0.25) is 0 Å². The molecule has 0 radical (unpaired) electrons. The monoisotopic (exact) mass is 435 g/mol. The summed E-state index contributed by atoms with van der Waals surface area (Å²) in [6.07, 6.45) is 3.79. The quantitative estimate of drug-likeness (QED) is 0.540. The molecule has 1 saturated heterocycles. The first-order chi connectivity index (χ1) is 11.8. The Kier molecular flexibility index (Phi) is 9.85. The molecule has 0 aromatic heterocycles. The van der Waals surface area contributed by atoms with Crippen LogP contribution in [0.15, 0.2) is 22.7 Å². The molecule has 0 spiro atoms. The van der Waals surface area contributed by atoms with Gasteiger partial charge < -0.3 is 19.8 Å². The van der Waals surface area contributed by atoms with Crippen LogP contribution in [0.5, 0.6) is 5.75 Å². The van der Waals surface area contributed by atoms with Crippen molar-refractivity contribution in [3.8, 4) is 5.75 Å². The van der Waals surface area contributed by atoms with Crippen molar-refractivity contribution < 1.29 is 24.5 Å². The Hall–Kier alpha value is -1.31. The Bertz CT molecular complexity index is 572. The molecule has 140 valence electrons. The maximum atomic E-state index is 9.10. The van der Waals surface area contributed by atoms with Crippen LogP contribution >= 0.6 is 27.5 Å². The fraction of sp³-hybridized carbons (Fsp3) is 0.529. The average Bonchev–Trinajstić information content (AvgIpc) is 2.54. The third-order valence-electron chi connectivity index (χ3n) is 3.69. The van der Waals surface area contributed by atoms with E-state index in [1.165, 1.54) is 25.9 Å². The number of carboxylic acids is 2. The molecule has 1 heterocycles. The van der Waals surface area contributed by atoms with Crippen molar-refractivity contribution in [2.75, 3.05) is 26.2 Å². The molecule has 25 heavy (non-hydrogen) atoms. The summed E-state index contributed by atoms with van der Waals surface area (Å²) in [4.78, 5) is 20.7. The second-order valence-corrected chi connectivity index (χ2v) is 7.23. The number of halogens is 2. The largest absolute Gasteiger partial charge is 0.492 e. The highest BCUT2D eigenvalue weighted by Gasteiger charge is 2.15. The molecular weight excluding hydrogens is 414 g/mol. The van der Waals surface area contributed by atoms with Gasteiger partial charge in [-0.05, 0) is 65.9 Å². The fourth-order valence-electron chi connectivity index (χ4n) is 2.55. The molecule has 1 unspecified atom stereocenters. The lowest BCUT2D eigenvalue weighted by Crippen LogP contribution is -2.35. The second-order valence-electron chi connectivity index (χ2n) is 5.94. The van der Waals surface area contributed by atoms with Crippen molar-refractivity contribution >= 4 is 39.5 Å². The highest BCUT2D eigenvalue weighted by atomic mass is 79.9. The van der Waals surface area contributed by atoms with Gasteiger partial charge in [-0.25, -0.2) is 9.59 Å². The van der Waals surface area contributed by atoms with Crippen molar-refractivity contribution in [2.45, 2.75) is 26.2 Å². The zero-order valence-corrected chi connectivity index (χ0v) is 16.4. The van der Waals surface area contributed by atoms with E-state index in [1.807, 2.05) is 18.2 Å². The molecule has 0 saturated carbocycles. The molecule has 1 aliphatic heterocycles. The van der Waals surface area contributed by atoms with Crippen LogP contribution in [-0.4, -0.2) is 53.3 Å². The topological polar surface area (TPSA) is 87.1 Å². The van der Waals surface area contributed by atoms with E-state index in [-0.39, 0.29) is 0 Å². The number of hydrogen-bond donors (Lipinski definition) is 2. The van der Waals surface area contributed by atoms with Crippen LogP contribution < -0.4 is 4.74 Å². The number of benzene rings is 1. The minimum atomic E-state index is -1.82. The number of likely N-dealkylation sites (tertiary alicyclic amines) is 1. The normalized spacial score (nSPS) is 17.3. The molecule has 1 aliphatic rings. The van der Waals surface area contributed by atoms with E-state index in [4.69, 9.17) is 36.1 Å². The van der Waals surface area contributed by atoms with Crippen molar-refractivity contribution in [3.63, 3.8) is 0 Å². The molecule has 1 aromatic rings. The Morgan fingerprint density at radius 3 is 2.60 bits per heavy atom. The van der Waals surface area contributed by atoms with Crippen LogP contribution in [0.25, 0.3) is 0 Å². The molecule has 0 amide bonds. The zero-order chi connectivity index (χ0) is 18.8. The summed E-state index contributed by atoms with van der Waals surface area (Å²) in [5.41, 5.74) is 0. The lowest BCUT2D eigenvalue weighted by molar-refractivity contribution is -0.159. The van der Waals surface area contributed by atoms with Crippen molar-refractivity contribution in [2.24, 2.45) is 5.92 Å². The highest BCUT2D eigenvalue weighted by molar-refractivity contribution is 9.10. The average molecular weight is 437 g/mol. The second kappa shape index (κ2) is 11.3. The lowest BCUT2D eigenvalue weighted by Gasteiger charge is -2.30. The van der Waals surface area contributed by atoms with E-state index >= 15 is 0 Å². The number of carbonyl (C=O) groups is 2. The van der Waals surface area contributed by atoms with Gasteiger partial charge in [-0.2, -0.15) is 0 Å². The molecule has 0 bridgehead atoms. The van der Waals surface area contributed by atoms with Crippen LogP contribution in [0.4, 0.5) is 0 Å². The van der Waals surface area contributed by atoms with Crippen LogP contribution in [0.1, 0.15) is 26.2 Å². The van der Waals surface area contributed by atoms with E-state index < -0.39 is 11.9 Å². The summed E-state index contributed by atoms with van der Waals surface area (Å²) in [5, 5.41) is 15.5. The van der Waals surface area contributed by atoms with E-state index in [0.29, 0.717) is 0 Å². The van der Waals surface area contributed by atoms with E-state index in [2.05, 4.69) is 27.8 Å². The molecule has 1 aromatic carbocycles. The van der Waals surface area contributed by atoms with Gasteiger partial charge in [0.1, 0.15) is 5.75 Å². The summed E-state index contributed by atoms with van der Waals surface area (Å²) >= 11 is 9.37. The number of carboxylic acid groups (broad SMARTS) is 2. The van der Waals surface area contributed by atoms with E-state index in [0.717, 1.165) is 40.7 Å². The number of nitrogens with zero attached hydrogens (tertiary/aromatic N) is 1. The number of piperidine rings is 1. The van der Waals surface area contributed by atoms with Gasteiger partial charge in [-0.15, -0.1) is 0 Å². The van der Waals surface area contributed by atoms with Crippen molar-refractivity contribution in [1.82, 2.24) is 4.90 Å². The molecule has 2 rings (SSSR count). The molecule has 8 heteroatoms. The van der Waals surface area contributed by atoms with E-state index in [9.17, 15) is 0 Å². The van der Waals surface area contributed by atoms with Gasteiger partial charge in [0, 0.05) is 18.1 Å². The first kappa shape index (κ1) is 21.7. The summed E-state index contributed by atoms with van der Waals surface area (Å²) in [6, 6.07) is 5.63. The van der Waals surface area contributed by atoms with E-state index in [1.54, 1.807) is 0 Å². The van der Waals surface area contributed by atoms with Crippen LogP contribution in [0.2, 0.25) is 5.02 Å². The highest BCUT2D eigenvalue weighted by Crippen LogP contribution is 2.28. The Balaban J connectivity index is 0.000000450. The maximum absolute atomic E-state index is 9.10. The Morgan fingerprint density at radius 1 is 1.36 bits per heavy atom.